The summed E-state index contributed by atoms with van der Waals surface area (Å²) in [6.07, 6.45) is -0.979. The van der Waals surface area contributed by atoms with Crippen molar-refractivity contribution in [3.63, 3.8) is 0 Å². The fourth-order valence-corrected chi connectivity index (χ4v) is 0.664. The Labute approximate surface area is 88.3 Å². The summed E-state index contributed by atoms with van der Waals surface area (Å²) in [7, 11) is 0. The lowest BCUT2D eigenvalue weighted by molar-refractivity contribution is -0.184. The van der Waals surface area contributed by atoms with Gasteiger partial charge in [-0.1, -0.05) is 13.5 Å². The second-order valence-corrected chi connectivity index (χ2v) is 2.85. The van der Waals surface area contributed by atoms with E-state index in [4.69, 9.17) is 14.7 Å². The maximum Gasteiger partial charge on any atom is 0.336 e. The monoisotopic (exact) mass is 211 g/mol. The smallest absolute Gasteiger partial charge is 0.336 e. The number of ether oxygens (including phenoxy) is 2. The van der Waals surface area contributed by atoms with Crippen LogP contribution in [0.2, 0.25) is 0 Å². The molecule has 0 radical (unpaired) electrons. The predicted molar refractivity (Wildman–Crippen MR) is 51.3 cm³/mol. The Hall–Kier alpha value is -1.83. The lowest BCUT2D eigenvalue weighted by Crippen LogP contribution is -2.24. The third-order valence-corrected chi connectivity index (χ3v) is 1.41. The number of carbonyl (C=O) groups excluding carboxylic acids is 2. The zero-order valence-electron chi connectivity index (χ0n) is 8.78. The second-order valence-electron chi connectivity index (χ2n) is 2.85. The number of nitriles is 1. The summed E-state index contributed by atoms with van der Waals surface area (Å²) in [6, 6.07) is 1.64. The van der Waals surface area contributed by atoms with Crippen LogP contribution in [-0.2, 0) is 19.1 Å². The van der Waals surface area contributed by atoms with Gasteiger partial charge in [0.1, 0.15) is 6.42 Å². The molecule has 0 aliphatic heterocycles. The number of hydrogen-bond acceptors (Lipinski definition) is 5. The zero-order valence-corrected chi connectivity index (χ0v) is 8.78. The van der Waals surface area contributed by atoms with Gasteiger partial charge in [0.25, 0.3) is 0 Å². The van der Waals surface area contributed by atoms with Crippen molar-refractivity contribution in [2.45, 2.75) is 33.0 Å². The molecule has 82 valence electrons. The minimum absolute atomic E-state index is 0.227. The van der Waals surface area contributed by atoms with E-state index < -0.39 is 18.2 Å². The molecule has 0 aliphatic carbocycles. The molecule has 0 aromatic carbocycles. The van der Waals surface area contributed by atoms with E-state index in [1.165, 1.54) is 6.92 Å². The fourth-order valence-electron chi connectivity index (χ4n) is 0.664. The van der Waals surface area contributed by atoms with Crippen molar-refractivity contribution in [1.29, 1.82) is 5.26 Å². The third kappa shape index (κ3) is 5.47. The van der Waals surface area contributed by atoms with Gasteiger partial charge in [-0.3, -0.25) is 4.79 Å². The molecule has 0 N–H and O–H groups in total. The van der Waals surface area contributed by atoms with Gasteiger partial charge in [0.2, 0.25) is 6.29 Å². The molecular formula is C10H13NO4. The van der Waals surface area contributed by atoms with Crippen LogP contribution in [0.5, 0.6) is 0 Å². The van der Waals surface area contributed by atoms with Crippen LogP contribution in [0.25, 0.3) is 0 Å². The highest BCUT2D eigenvalue weighted by Crippen LogP contribution is 2.05. The second kappa shape index (κ2) is 6.60. The van der Waals surface area contributed by atoms with Gasteiger partial charge in [-0.2, -0.15) is 5.26 Å². The third-order valence-electron chi connectivity index (χ3n) is 1.41. The van der Waals surface area contributed by atoms with Gasteiger partial charge in [0.15, 0.2) is 0 Å². The first kappa shape index (κ1) is 13.2. The quantitative estimate of drug-likeness (QED) is 0.389. The first-order valence-electron chi connectivity index (χ1n) is 4.44. The summed E-state index contributed by atoms with van der Waals surface area (Å²) in [4.78, 5) is 22.0. The molecule has 0 amide bonds. The van der Waals surface area contributed by atoms with Gasteiger partial charge in [-0.05, 0) is 6.92 Å². The summed E-state index contributed by atoms with van der Waals surface area (Å²) >= 11 is 0. The Morgan fingerprint density at radius 2 is 2.07 bits per heavy atom. The molecule has 0 aromatic heterocycles. The van der Waals surface area contributed by atoms with Crippen molar-refractivity contribution in [3.8, 4) is 6.07 Å². The Morgan fingerprint density at radius 1 is 1.47 bits per heavy atom. The maximum absolute atomic E-state index is 11.1. The van der Waals surface area contributed by atoms with Crippen LogP contribution in [0.4, 0.5) is 0 Å². The average molecular weight is 211 g/mol. The van der Waals surface area contributed by atoms with Crippen LogP contribution in [0.15, 0.2) is 12.2 Å². The van der Waals surface area contributed by atoms with Crippen molar-refractivity contribution in [2.24, 2.45) is 0 Å². The highest BCUT2D eigenvalue weighted by atomic mass is 16.7. The molecule has 0 rings (SSSR count). The first-order chi connectivity index (χ1) is 7.01. The van der Waals surface area contributed by atoms with Gasteiger partial charge < -0.3 is 9.47 Å². The first-order valence-corrected chi connectivity index (χ1v) is 4.44. The number of rotatable bonds is 5. The molecular weight excluding hydrogens is 198 g/mol. The molecule has 0 saturated carbocycles. The lowest BCUT2D eigenvalue weighted by Gasteiger charge is -2.15. The Balaban J connectivity index is 4.15. The molecule has 0 heterocycles. The van der Waals surface area contributed by atoms with Crippen molar-refractivity contribution >= 4 is 11.9 Å². The Kier molecular flexibility index (Phi) is 5.79. The van der Waals surface area contributed by atoms with E-state index in [2.05, 4.69) is 6.58 Å². The zero-order chi connectivity index (χ0) is 11.8. The molecule has 0 fully saturated rings. The molecule has 5 nitrogen and oxygen atoms in total. The van der Waals surface area contributed by atoms with Crippen LogP contribution in [0.3, 0.4) is 0 Å². The van der Waals surface area contributed by atoms with Crippen LogP contribution in [0, 0.1) is 11.3 Å². The summed E-state index contributed by atoms with van der Waals surface area (Å²) in [5.41, 5.74) is 0.227. The van der Waals surface area contributed by atoms with Gasteiger partial charge in [0.05, 0.1) is 6.07 Å². The van der Waals surface area contributed by atoms with Gasteiger partial charge >= 0.3 is 11.9 Å². The van der Waals surface area contributed by atoms with E-state index in [-0.39, 0.29) is 12.0 Å². The molecule has 0 spiro atoms. The van der Waals surface area contributed by atoms with E-state index in [1.54, 1.807) is 13.0 Å². The summed E-state index contributed by atoms with van der Waals surface area (Å²) in [5.74, 6) is -1.33. The average Bonchev–Trinajstić information content (AvgIpc) is 2.16. The van der Waals surface area contributed by atoms with Crippen LogP contribution < -0.4 is 0 Å². The summed E-state index contributed by atoms with van der Waals surface area (Å²) in [5, 5.41) is 8.22. The maximum atomic E-state index is 11.1. The van der Waals surface area contributed by atoms with E-state index in [9.17, 15) is 9.59 Å². The van der Waals surface area contributed by atoms with Crippen molar-refractivity contribution in [2.75, 3.05) is 0 Å². The predicted octanol–water partition coefficient (Wildman–Crippen LogP) is 1.30. The standard InChI is InChI=1S/C10H13NO4/c1-4-9(14-8(12)5-6-11)15-10(13)7(2)3/h9H,2,4-5H2,1,3H3. The Bertz CT molecular complexity index is 303. The highest BCUT2D eigenvalue weighted by Gasteiger charge is 2.16. The largest absolute Gasteiger partial charge is 0.424 e. The van der Waals surface area contributed by atoms with Gasteiger partial charge in [0, 0.05) is 12.0 Å². The SMILES string of the molecule is C=C(C)C(=O)OC(CC)OC(=O)CC#N. The number of carbonyl (C=O) groups is 2. The van der Waals surface area contributed by atoms with Crippen molar-refractivity contribution in [1.82, 2.24) is 0 Å². The Morgan fingerprint density at radius 3 is 2.47 bits per heavy atom. The lowest BCUT2D eigenvalue weighted by atomic mass is 10.3. The number of nitrogens with zero attached hydrogens (tertiary/aromatic N) is 1. The van der Waals surface area contributed by atoms with Crippen LogP contribution in [-0.4, -0.2) is 18.2 Å². The van der Waals surface area contributed by atoms with Gasteiger partial charge in [-0.15, -0.1) is 0 Å². The topological polar surface area (TPSA) is 76.4 Å². The molecule has 5 heteroatoms. The van der Waals surface area contributed by atoms with Crippen LogP contribution in [0.1, 0.15) is 26.7 Å². The summed E-state index contributed by atoms with van der Waals surface area (Å²) < 4.78 is 9.50. The van der Waals surface area contributed by atoms with E-state index >= 15 is 0 Å². The molecule has 0 saturated heterocycles. The van der Waals surface area contributed by atoms with Crippen molar-refractivity contribution < 1.29 is 19.1 Å². The molecule has 15 heavy (non-hydrogen) atoms. The summed E-state index contributed by atoms with van der Waals surface area (Å²) in [6.45, 7) is 6.57. The molecule has 0 bridgehead atoms. The van der Waals surface area contributed by atoms with Crippen molar-refractivity contribution in [3.05, 3.63) is 12.2 Å². The fraction of sp³-hybridized carbons (Fsp3) is 0.500. The van der Waals surface area contributed by atoms with E-state index in [0.717, 1.165) is 0 Å². The number of esters is 2. The minimum Gasteiger partial charge on any atom is -0.424 e. The van der Waals surface area contributed by atoms with E-state index in [1.807, 2.05) is 0 Å². The molecule has 1 unspecified atom stereocenters. The normalized spacial score (nSPS) is 11.0. The minimum atomic E-state index is -0.949. The molecule has 0 aliphatic rings. The molecule has 0 aromatic rings. The highest BCUT2D eigenvalue weighted by molar-refractivity contribution is 5.87. The van der Waals surface area contributed by atoms with E-state index in [0.29, 0.717) is 6.42 Å². The number of hydrogen-bond donors (Lipinski definition) is 0. The van der Waals surface area contributed by atoms with Gasteiger partial charge in [-0.25, -0.2) is 4.79 Å². The molecule has 1 atom stereocenters. The van der Waals surface area contributed by atoms with Crippen LogP contribution >= 0.6 is 0 Å².